The quantitative estimate of drug-likeness (QED) is 0.572. The van der Waals surface area contributed by atoms with Crippen molar-refractivity contribution in [3.8, 4) is 0 Å². The molecule has 0 atom stereocenters. The lowest BCUT2D eigenvalue weighted by molar-refractivity contribution is 0.0956. The second-order valence-corrected chi connectivity index (χ2v) is 7.50. The largest absolute Gasteiger partial charge is 0.450 e. The summed E-state index contributed by atoms with van der Waals surface area (Å²) < 4.78 is 6.64. The highest BCUT2D eigenvalue weighted by molar-refractivity contribution is 7.20. The van der Waals surface area contributed by atoms with Gasteiger partial charge in [-0.1, -0.05) is 29.8 Å². The van der Waals surface area contributed by atoms with Gasteiger partial charge in [0.2, 0.25) is 0 Å². The van der Waals surface area contributed by atoms with E-state index in [0.29, 0.717) is 36.1 Å². The summed E-state index contributed by atoms with van der Waals surface area (Å²) in [4.78, 5) is 25.2. The van der Waals surface area contributed by atoms with E-state index < -0.39 is 6.09 Å². The molecule has 0 fully saturated rings. The minimum Gasteiger partial charge on any atom is -0.450 e. The molecule has 148 valence electrons. The van der Waals surface area contributed by atoms with Crippen molar-refractivity contribution in [3.05, 3.63) is 51.5 Å². The Balaban J connectivity index is 1.68. The molecule has 1 aromatic carbocycles. The van der Waals surface area contributed by atoms with Crippen molar-refractivity contribution in [1.29, 1.82) is 0 Å². The van der Waals surface area contributed by atoms with Crippen LogP contribution in [0, 0.1) is 6.92 Å². The van der Waals surface area contributed by atoms with Crippen LogP contribution in [0.3, 0.4) is 0 Å². The number of carbonyl (C=O) groups is 2. The Morgan fingerprint density at radius 1 is 1.25 bits per heavy atom. The number of thiophene rings is 1. The van der Waals surface area contributed by atoms with Crippen molar-refractivity contribution in [2.75, 3.05) is 19.7 Å². The van der Waals surface area contributed by atoms with Crippen LogP contribution in [0.2, 0.25) is 5.02 Å². The number of fused-ring (bicyclic) bond motifs is 1. The second-order valence-electron chi connectivity index (χ2n) is 6.07. The number of aromatic nitrogens is 2. The highest BCUT2D eigenvalue weighted by atomic mass is 35.5. The van der Waals surface area contributed by atoms with Gasteiger partial charge in [0.05, 0.1) is 23.7 Å². The summed E-state index contributed by atoms with van der Waals surface area (Å²) in [5.74, 6) is -0.185. The third kappa shape index (κ3) is 4.63. The molecule has 2 amide bonds. The van der Waals surface area contributed by atoms with Crippen molar-refractivity contribution in [1.82, 2.24) is 20.4 Å². The monoisotopic (exact) mass is 420 g/mol. The Morgan fingerprint density at radius 3 is 2.75 bits per heavy atom. The molecule has 3 aromatic rings. The number of halogens is 1. The molecule has 0 radical (unpaired) electrons. The van der Waals surface area contributed by atoms with Crippen LogP contribution in [0.15, 0.2) is 30.3 Å². The van der Waals surface area contributed by atoms with E-state index in [1.54, 1.807) is 6.92 Å². The number of carbonyl (C=O) groups excluding carboxylic acids is 2. The van der Waals surface area contributed by atoms with Crippen LogP contribution in [0.25, 0.3) is 10.2 Å². The van der Waals surface area contributed by atoms with E-state index in [1.165, 1.54) is 11.3 Å². The second kappa shape index (κ2) is 9.07. The predicted octanol–water partition coefficient (Wildman–Crippen LogP) is 3.58. The molecule has 2 heterocycles. The van der Waals surface area contributed by atoms with Crippen molar-refractivity contribution in [3.63, 3.8) is 0 Å². The molecule has 0 spiro atoms. The lowest BCUT2D eigenvalue weighted by Gasteiger charge is -2.06. The minimum atomic E-state index is -0.492. The number of nitrogens with zero attached hydrogens (tertiary/aromatic N) is 2. The van der Waals surface area contributed by atoms with Crippen LogP contribution < -0.4 is 10.6 Å². The van der Waals surface area contributed by atoms with Crippen molar-refractivity contribution in [2.24, 2.45) is 0 Å². The third-order valence-corrected chi connectivity index (χ3v) is 5.58. The zero-order valence-electron chi connectivity index (χ0n) is 15.6. The van der Waals surface area contributed by atoms with E-state index >= 15 is 0 Å². The summed E-state index contributed by atoms with van der Waals surface area (Å²) >= 11 is 7.64. The maximum absolute atomic E-state index is 12.4. The van der Waals surface area contributed by atoms with Crippen LogP contribution >= 0.6 is 22.9 Å². The zero-order chi connectivity index (χ0) is 20.1. The molecule has 0 aliphatic carbocycles. The molecule has 0 aliphatic heterocycles. The lowest BCUT2D eigenvalue weighted by atomic mass is 10.2. The fourth-order valence-electron chi connectivity index (χ4n) is 2.73. The maximum Gasteiger partial charge on any atom is 0.407 e. The summed E-state index contributed by atoms with van der Waals surface area (Å²) in [6, 6.07) is 9.48. The van der Waals surface area contributed by atoms with E-state index in [2.05, 4.69) is 15.7 Å². The highest BCUT2D eigenvalue weighted by Crippen LogP contribution is 2.29. The van der Waals surface area contributed by atoms with Crippen LogP contribution in [0.4, 0.5) is 4.79 Å². The average molecular weight is 421 g/mol. The number of amides is 2. The average Bonchev–Trinajstić information content (AvgIpc) is 3.22. The molecule has 28 heavy (non-hydrogen) atoms. The van der Waals surface area contributed by atoms with Gasteiger partial charge >= 0.3 is 6.09 Å². The van der Waals surface area contributed by atoms with Crippen LogP contribution in [0.1, 0.15) is 27.9 Å². The SMILES string of the molecule is CCOC(=O)NCCNC(=O)c1cc2c(C)nn(Cc3ccccc3Cl)c2s1. The highest BCUT2D eigenvalue weighted by Gasteiger charge is 2.17. The van der Waals surface area contributed by atoms with Crippen molar-refractivity contribution >= 4 is 45.2 Å². The van der Waals surface area contributed by atoms with Gasteiger partial charge in [0.1, 0.15) is 4.83 Å². The Morgan fingerprint density at radius 2 is 2.00 bits per heavy atom. The van der Waals surface area contributed by atoms with Gasteiger partial charge in [-0.15, -0.1) is 11.3 Å². The van der Waals surface area contributed by atoms with Gasteiger partial charge < -0.3 is 15.4 Å². The van der Waals surface area contributed by atoms with E-state index in [0.717, 1.165) is 21.5 Å². The van der Waals surface area contributed by atoms with E-state index in [9.17, 15) is 9.59 Å². The van der Waals surface area contributed by atoms with Gasteiger partial charge in [0.15, 0.2) is 0 Å². The predicted molar refractivity (Wildman–Crippen MR) is 110 cm³/mol. The molecule has 0 aliphatic rings. The summed E-state index contributed by atoms with van der Waals surface area (Å²) in [6.45, 7) is 5.12. The molecule has 3 rings (SSSR count). The van der Waals surface area contributed by atoms with Crippen molar-refractivity contribution in [2.45, 2.75) is 20.4 Å². The summed E-state index contributed by atoms with van der Waals surface area (Å²) in [5, 5.41) is 11.6. The maximum atomic E-state index is 12.4. The lowest BCUT2D eigenvalue weighted by Crippen LogP contribution is -2.34. The standard InChI is InChI=1S/C19H21ClN4O3S/c1-3-27-19(26)22-9-8-21-17(25)16-10-14-12(2)23-24(18(14)28-16)11-13-6-4-5-7-15(13)20/h4-7,10H,3,8-9,11H2,1-2H3,(H,21,25)(H,22,26). The van der Waals surface area contributed by atoms with Gasteiger partial charge in [-0.25, -0.2) is 4.79 Å². The first-order valence-corrected chi connectivity index (χ1v) is 10.1. The first-order valence-electron chi connectivity index (χ1n) is 8.88. The Hall–Kier alpha value is -2.58. The number of ether oxygens (including phenoxy) is 1. The number of alkyl carbamates (subject to hydrolysis) is 1. The number of benzene rings is 1. The summed E-state index contributed by atoms with van der Waals surface area (Å²) in [7, 11) is 0. The van der Waals surface area contributed by atoms with Gasteiger partial charge in [0.25, 0.3) is 5.91 Å². The molecule has 2 aromatic heterocycles. The number of hydrogen-bond acceptors (Lipinski definition) is 5. The molecule has 0 saturated heterocycles. The number of rotatable bonds is 7. The third-order valence-electron chi connectivity index (χ3n) is 4.06. The summed E-state index contributed by atoms with van der Waals surface area (Å²) in [5.41, 5.74) is 1.83. The minimum absolute atomic E-state index is 0.185. The molecule has 9 heteroatoms. The number of nitrogens with one attached hydrogen (secondary N) is 2. The molecular weight excluding hydrogens is 400 g/mol. The first kappa shape index (κ1) is 20.2. The molecular formula is C19H21ClN4O3S. The fraction of sp³-hybridized carbons (Fsp3) is 0.316. The first-order chi connectivity index (χ1) is 13.5. The number of aryl methyl sites for hydroxylation is 1. The normalized spacial score (nSPS) is 10.8. The van der Waals surface area contributed by atoms with E-state index in [4.69, 9.17) is 16.3 Å². The molecule has 0 saturated carbocycles. The Bertz CT molecular complexity index is 998. The van der Waals surface area contributed by atoms with Crippen molar-refractivity contribution < 1.29 is 14.3 Å². The van der Waals surface area contributed by atoms with E-state index in [-0.39, 0.29) is 5.91 Å². The molecule has 7 nitrogen and oxygen atoms in total. The summed E-state index contributed by atoms with van der Waals surface area (Å²) in [6.07, 6.45) is -0.492. The van der Waals surface area contributed by atoms with Gasteiger partial charge in [-0.2, -0.15) is 5.10 Å². The Kier molecular flexibility index (Phi) is 6.53. The molecule has 2 N–H and O–H groups in total. The van der Waals surface area contributed by atoms with E-state index in [1.807, 2.05) is 41.9 Å². The van der Waals surface area contributed by atoms with Crippen LogP contribution in [-0.2, 0) is 11.3 Å². The van der Waals surface area contributed by atoms with Gasteiger partial charge in [-0.3, -0.25) is 9.48 Å². The Labute approximate surface area is 171 Å². The van der Waals surface area contributed by atoms with Crippen LogP contribution in [-0.4, -0.2) is 41.5 Å². The zero-order valence-corrected chi connectivity index (χ0v) is 17.2. The molecule has 0 unspecified atom stereocenters. The smallest absolute Gasteiger partial charge is 0.407 e. The number of hydrogen-bond donors (Lipinski definition) is 2. The van der Waals surface area contributed by atoms with Gasteiger partial charge in [-0.05, 0) is 31.5 Å². The fourth-order valence-corrected chi connectivity index (χ4v) is 4.00. The van der Waals surface area contributed by atoms with Crippen LogP contribution in [0.5, 0.6) is 0 Å². The molecule has 0 bridgehead atoms. The topological polar surface area (TPSA) is 85.2 Å². The van der Waals surface area contributed by atoms with Gasteiger partial charge in [0, 0.05) is 23.5 Å².